The largest absolute Gasteiger partial charge is 0.389 e. The summed E-state index contributed by atoms with van der Waals surface area (Å²) >= 11 is 0. The summed E-state index contributed by atoms with van der Waals surface area (Å²) < 4.78 is 0. The molecule has 0 aromatic heterocycles. The summed E-state index contributed by atoms with van der Waals surface area (Å²) in [6.07, 6.45) is -3.04. The van der Waals surface area contributed by atoms with Gasteiger partial charge in [-0.3, -0.25) is 5.32 Å². The van der Waals surface area contributed by atoms with Crippen LogP contribution < -0.4 is 10.6 Å². The van der Waals surface area contributed by atoms with E-state index in [1.165, 1.54) is 7.05 Å². The van der Waals surface area contributed by atoms with Gasteiger partial charge in [0.25, 0.3) is 0 Å². The fraction of sp³-hybridized carbons (Fsp3) is 0.875. The molecule has 0 rings (SSSR count). The molecule has 0 fully saturated rings. The molecule has 0 spiro atoms. The second-order valence-electron chi connectivity index (χ2n) is 3.01. The molecule has 0 saturated heterocycles. The molecule has 0 aliphatic rings. The normalized spacial score (nSPS) is 19.8. The topological polar surface area (TPSA) is 102 Å². The van der Waals surface area contributed by atoms with Crippen LogP contribution in [-0.4, -0.2) is 60.2 Å². The van der Waals surface area contributed by atoms with Crippen molar-refractivity contribution in [1.82, 2.24) is 10.6 Å². The highest BCUT2D eigenvalue weighted by Crippen LogP contribution is 2.05. The molecule has 0 saturated carbocycles. The smallest absolute Gasteiger partial charge is 0.133 e. The maximum atomic E-state index is 10.2. The van der Waals surface area contributed by atoms with Crippen molar-refractivity contribution in [2.45, 2.75) is 30.9 Å². The van der Waals surface area contributed by atoms with Crippen LogP contribution in [0.25, 0.3) is 0 Å². The van der Waals surface area contributed by atoms with Crippen molar-refractivity contribution in [1.29, 1.82) is 0 Å². The summed E-state index contributed by atoms with van der Waals surface area (Å²) in [6.45, 7) is 0. The van der Waals surface area contributed by atoms with Gasteiger partial charge in [-0.15, -0.1) is 0 Å². The number of rotatable bonds is 7. The van der Waals surface area contributed by atoms with Crippen LogP contribution in [0.3, 0.4) is 0 Å². The molecule has 0 radical (unpaired) electrons. The molecule has 6 nitrogen and oxygen atoms in total. The first-order chi connectivity index (χ1) is 6.58. The maximum absolute atomic E-state index is 10.2. The first kappa shape index (κ1) is 13.5. The molecule has 4 atom stereocenters. The van der Waals surface area contributed by atoms with E-state index in [1.807, 2.05) is 0 Å². The number of aldehydes is 1. The Labute approximate surface area is 82.9 Å². The van der Waals surface area contributed by atoms with Gasteiger partial charge in [0, 0.05) is 12.5 Å². The van der Waals surface area contributed by atoms with Crippen LogP contribution in [0.15, 0.2) is 0 Å². The third kappa shape index (κ3) is 3.69. The number of carbonyl (C=O) groups is 1. The lowest BCUT2D eigenvalue weighted by Gasteiger charge is -2.27. The van der Waals surface area contributed by atoms with Crippen LogP contribution in [0.4, 0.5) is 0 Å². The highest BCUT2D eigenvalue weighted by atomic mass is 16.4. The van der Waals surface area contributed by atoms with Gasteiger partial charge in [0.1, 0.15) is 18.6 Å². The maximum Gasteiger partial charge on any atom is 0.133 e. The predicted octanol–water partition coefficient (Wildman–Crippen LogP) is -2.58. The molecule has 14 heavy (non-hydrogen) atoms. The average molecular weight is 206 g/mol. The Kier molecular flexibility index (Phi) is 6.60. The second kappa shape index (κ2) is 6.86. The van der Waals surface area contributed by atoms with Crippen LogP contribution in [0.1, 0.15) is 6.42 Å². The van der Waals surface area contributed by atoms with E-state index < -0.39 is 24.5 Å². The van der Waals surface area contributed by atoms with Gasteiger partial charge in [0.2, 0.25) is 0 Å². The Bertz CT molecular complexity index is 167. The summed E-state index contributed by atoms with van der Waals surface area (Å²) in [5.74, 6) is 0. The molecular formula is C8H18N2O4. The van der Waals surface area contributed by atoms with Crippen molar-refractivity contribution in [2.75, 3.05) is 14.1 Å². The lowest BCUT2D eigenvalue weighted by molar-refractivity contribution is -0.111. The summed E-state index contributed by atoms with van der Waals surface area (Å²) in [5.41, 5.74) is 0. The first-order valence-corrected chi connectivity index (χ1v) is 4.40. The highest BCUT2D eigenvalue weighted by molar-refractivity contribution is 5.50. The van der Waals surface area contributed by atoms with Crippen LogP contribution in [-0.2, 0) is 4.79 Å². The van der Waals surface area contributed by atoms with Crippen LogP contribution in [0.5, 0.6) is 0 Å². The highest BCUT2D eigenvalue weighted by Gasteiger charge is 2.29. The third-order valence-electron chi connectivity index (χ3n) is 2.10. The molecule has 0 bridgehead atoms. The minimum atomic E-state index is -1.34. The summed E-state index contributed by atoms with van der Waals surface area (Å²) in [4.78, 5) is 10.2. The molecular weight excluding hydrogens is 188 g/mol. The molecule has 0 aliphatic heterocycles. The molecule has 5 N–H and O–H groups in total. The molecule has 0 aliphatic carbocycles. The minimum Gasteiger partial charge on any atom is -0.389 e. The quantitative estimate of drug-likeness (QED) is 0.232. The van der Waals surface area contributed by atoms with E-state index in [0.717, 1.165) is 0 Å². The third-order valence-corrected chi connectivity index (χ3v) is 2.10. The summed E-state index contributed by atoms with van der Waals surface area (Å²) in [5, 5.41) is 33.2. The van der Waals surface area contributed by atoms with Crippen molar-refractivity contribution >= 4 is 6.29 Å². The van der Waals surface area contributed by atoms with Crippen molar-refractivity contribution in [2.24, 2.45) is 0 Å². The number of aliphatic hydroxyl groups excluding tert-OH is 3. The monoisotopic (exact) mass is 206 g/mol. The Morgan fingerprint density at radius 3 is 2.07 bits per heavy atom. The zero-order valence-electron chi connectivity index (χ0n) is 8.34. The van der Waals surface area contributed by atoms with Gasteiger partial charge in [-0.2, -0.15) is 0 Å². The summed E-state index contributed by atoms with van der Waals surface area (Å²) in [6, 6.07) is -0.564. The first-order valence-electron chi connectivity index (χ1n) is 4.40. The molecule has 84 valence electrons. The number of hydrogen-bond donors (Lipinski definition) is 5. The van der Waals surface area contributed by atoms with E-state index in [0.29, 0.717) is 6.29 Å². The average Bonchev–Trinajstić information content (AvgIpc) is 2.22. The molecule has 0 aromatic rings. The number of carbonyl (C=O) groups excluding carboxylic acids is 1. The molecule has 6 heteroatoms. The van der Waals surface area contributed by atoms with Gasteiger partial charge in [0.05, 0.1) is 6.10 Å². The van der Waals surface area contributed by atoms with Gasteiger partial charge in [0.15, 0.2) is 0 Å². The lowest BCUT2D eigenvalue weighted by atomic mass is 10.0. The Morgan fingerprint density at radius 1 is 1.14 bits per heavy atom. The van der Waals surface area contributed by atoms with E-state index >= 15 is 0 Å². The fourth-order valence-electron chi connectivity index (χ4n) is 1.13. The molecule has 0 amide bonds. The van der Waals surface area contributed by atoms with Crippen molar-refractivity contribution < 1.29 is 20.1 Å². The number of nitrogens with one attached hydrogen (secondary N) is 2. The zero-order valence-corrected chi connectivity index (χ0v) is 8.34. The molecule has 0 heterocycles. The van der Waals surface area contributed by atoms with Crippen molar-refractivity contribution in [3.05, 3.63) is 0 Å². The second-order valence-corrected chi connectivity index (χ2v) is 3.01. The van der Waals surface area contributed by atoms with E-state index in [9.17, 15) is 20.1 Å². The zero-order chi connectivity index (χ0) is 11.1. The van der Waals surface area contributed by atoms with Crippen LogP contribution >= 0.6 is 0 Å². The number of hydrogen-bond acceptors (Lipinski definition) is 6. The van der Waals surface area contributed by atoms with Crippen LogP contribution in [0.2, 0.25) is 0 Å². The Balaban J connectivity index is 4.24. The number of likely N-dealkylation sites (N-methyl/N-ethyl adjacent to an activating group) is 2. The molecule has 0 aromatic carbocycles. The van der Waals surface area contributed by atoms with Gasteiger partial charge < -0.3 is 25.4 Å². The number of aliphatic hydroxyl groups is 3. The standard InChI is InChI=1S/C8H18N2O4/c1-9-5(3-4-11)6(12)7(13)8(14)10-2/h4-10,12-14H,3H2,1-2H3/t5-,6+,7+,8?/m1/s1. The van der Waals surface area contributed by atoms with Crippen LogP contribution in [0, 0.1) is 0 Å². The van der Waals surface area contributed by atoms with E-state index in [4.69, 9.17) is 0 Å². The van der Waals surface area contributed by atoms with Gasteiger partial charge in [-0.05, 0) is 14.1 Å². The van der Waals surface area contributed by atoms with E-state index in [2.05, 4.69) is 10.6 Å². The summed E-state index contributed by atoms with van der Waals surface area (Å²) in [7, 11) is 3.02. The fourth-order valence-corrected chi connectivity index (χ4v) is 1.13. The van der Waals surface area contributed by atoms with Crippen molar-refractivity contribution in [3.63, 3.8) is 0 Å². The SMILES string of the molecule is CNC(O)[C@@H](O)[C@@H](O)[C@@H](CC=O)NC. The van der Waals surface area contributed by atoms with E-state index in [1.54, 1.807) is 7.05 Å². The van der Waals surface area contributed by atoms with Gasteiger partial charge >= 0.3 is 0 Å². The lowest BCUT2D eigenvalue weighted by Crippen LogP contribution is -2.52. The Morgan fingerprint density at radius 2 is 1.71 bits per heavy atom. The minimum absolute atomic E-state index is 0.0746. The van der Waals surface area contributed by atoms with Gasteiger partial charge in [-0.25, -0.2) is 0 Å². The molecule has 1 unspecified atom stereocenters. The predicted molar refractivity (Wildman–Crippen MR) is 50.6 cm³/mol. The van der Waals surface area contributed by atoms with Crippen molar-refractivity contribution in [3.8, 4) is 0 Å². The van der Waals surface area contributed by atoms with Gasteiger partial charge in [-0.1, -0.05) is 0 Å². The van der Waals surface area contributed by atoms with E-state index in [-0.39, 0.29) is 6.42 Å². The Hall–Kier alpha value is -0.530.